The standard InChI is InChI=1S/C11H19NO2/c1-4-7-12-8-5-10(6-9-12)11(13-2)14-3/h1,10-11H,5-9H2,2-3H3. The molecule has 0 atom stereocenters. The third-order valence-electron chi connectivity index (χ3n) is 2.80. The molecule has 80 valence electrons. The molecule has 0 aromatic carbocycles. The van der Waals surface area contributed by atoms with E-state index in [0.29, 0.717) is 5.92 Å². The molecular formula is C11H19NO2. The SMILES string of the molecule is C#CCN1CCC(C(OC)OC)CC1. The van der Waals surface area contributed by atoms with Crippen LogP contribution in [0.1, 0.15) is 12.8 Å². The molecule has 0 amide bonds. The van der Waals surface area contributed by atoms with E-state index >= 15 is 0 Å². The van der Waals surface area contributed by atoms with E-state index in [2.05, 4.69) is 10.8 Å². The Bertz CT molecular complexity index is 188. The zero-order valence-electron chi connectivity index (χ0n) is 9.03. The summed E-state index contributed by atoms with van der Waals surface area (Å²) >= 11 is 0. The topological polar surface area (TPSA) is 21.7 Å². The van der Waals surface area contributed by atoms with Gasteiger partial charge >= 0.3 is 0 Å². The van der Waals surface area contributed by atoms with Crippen molar-refractivity contribution in [3.8, 4) is 12.3 Å². The van der Waals surface area contributed by atoms with Crippen LogP contribution in [0.3, 0.4) is 0 Å². The second kappa shape index (κ2) is 6.02. The second-order valence-corrected chi connectivity index (χ2v) is 3.66. The van der Waals surface area contributed by atoms with E-state index in [1.165, 1.54) is 0 Å². The molecule has 14 heavy (non-hydrogen) atoms. The molecule has 0 N–H and O–H groups in total. The van der Waals surface area contributed by atoms with Gasteiger partial charge in [-0.15, -0.1) is 6.42 Å². The molecule has 0 radical (unpaired) electrons. The summed E-state index contributed by atoms with van der Waals surface area (Å²) in [5, 5.41) is 0. The van der Waals surface area contributed by atoms with Crippen LogP contribution in [0.2, 0.25) is 0 Å². The van der Waals surface area contributed by atoms with Crippen LogP contribution in [-0.4, -0.2) is 45.0 Å². The number of likely N-dealkylation sites (tertiary alicyclic amines) is 1. The van der Waals surface area contributed by atoms with Crippen LogP contribution in [0.15, 0.2) is 0 Å². The lowest BCUT2D eigenvalue weighted by Gasteiger charge is -2.33. The smallest absolute Gasteiger partial charge is 0.159 e. The quantitative estimate of drug-likeness (QED) is 0.495. The lowest BCUT2D eigenvalue weighted by molar-refractivity contribution is -0.146. The summed E-state index contributed by atoms with van der Waals surface area (Å²) in [6, 6.07) is 0. The second-order valence-electron chi connectivity index (χ2n) is 3.66. The number of terminal acetylenes is 1. The van der Waals surface area contributed by atoms with E-state index in [1.807, 2.05) is 0 Å². The van der Waals surface area contributed by atoms with Gasteiger partial charge in [0.15, 0.2) is 6.29 Å². The zero-order valence-corrected chi connectivity index (χ0v) is 9.03. The minimum atomic E-state index is -0.0528. The Balaban J connectivity index is 2.31. The van der Waals surface area contributed by atoms with Crippen LogP contribution in [0.25, 0.3) is 0 Å². The Labute approximate surface area is 86.4 Å². The number of rotatable bonds is 4. The maximum atomic E-state index is 5.27. The van der Waals surface area contributed by atoms with Crippen molar-refractivity contribution in [2.45, 2.75) is 19.1 Å². The Morgan fingerprint density at radius 2 is 1.93 bits per heavy atom. The van der Waals surface area contributed by atoms with Gasteiger partial charge in [0.25, 0.3) is 0 Å². The zero-order chi connectivity index (χ0) is 10.4. The highest BCUT2D eigenvalue weighted by atomic mass is 16.7. The molecule has 0 aromatic rings. The van der Waals surface area contributed by atoms with Crippen molar-refractivity contribution in [2.75, 3.05) is 33.9 Å². The van der Waals surface area contributed by atoms with Crippen molar-refractivity contribution in [1.29, 1.82) is 0 Å². The fourth-order valence-electron chi connectivity index (χ4n) is 1.99. The normalized spacial score (nSPS) is 19.9. The predicted molar refractivity (Wildman–Crippen MR) is 55.8 cm³/mol. The van der Waals surface area contributed by atoms with Crippen LogP contribution >= 0.6 is 0 Å². The van der Waals surface area contributed by atoms with Crippen LogP contribution in [0.5, 0.6) is 0 Å². The Hall–Kier alpha value is -0.560. The number of hydrogen-bond donors (Lipinski definition) is 0. The maximum absolute atomic E-state index is 5.27. The van der Waals surface area contributed by atoms with Crippen molar-refractivity contribution in [3.05, 3.63) is 0 Å². The van der Waals surface area contributed by atoms with Gasteiger partial charge < -0.3 is 9.47 Å². The third-order valence-corrected chi connectivity index (χ3v) is 2.80. The van der Waals surface area contributed by atoms with Crippen LogP contribution in [0, 0.1) is 18.3 Å². The summed E-state index contributed by atoms with van der Waals surface area (Å²) in [4.78, 5) is 2.29. The van der Waals surface area contributed by atoms with Crippen LogP contribution < -0.4 is 0 Å². The van der Waals surface area contributed by atoms with E-state index < -0.39 is 0 Å². The summed E-state index contributed by atoms with van der Waals surface area (Å²) in [5.41, 5.74) is 0. The first-order valence-electron chi connectivity index (χ1n) is 5.03. The van der Waals surface area contributed by atoms with Gasteiger partial charge in [0.05, 0.1) is 6.54 Å². The van der Waals surface area contributed by atoms with Crippen molar-refractivity contribution >= 4 is 0 Å². The van der Waals surface area contributed by atoms with E-state index in [9.17, 15) is 0 Å². The highest BCUT2D eigenvalue weighted by Crippen LogP contribution is 2.22. The van der Waals surface area contributed by atoms with E-state index in [-0.39, 0.29) is 6.29 Å². The molecule has 0 aromatic heterocycles. The monoisotopic (exact) mass is 197 g/mol. The molecule has 0 aliphatic carbocycles. The summed E-state index contributed by atoms with van der Waals surface area (Å²) < 4.78 is 10.5. The molecule has 0 bridgehead atoms. The lowest BCUT2D eigenvalue weighted by Crippen LogP contribution is -2.39. The molecule has 0 spiro atoms. The predicted octanol–water partition coefficient (Wildman–Crippen LogP) is 0.951. The molecule has 1 fully saturated rings. The van der Waals surface area contributed by atoms with Crippen molar-refractivity contribution in [3.63, 3.8) is 0 Å². The Morgan fingerprint density at radius 1 is 1.36 bits per heavy atom. The number of methoxy groups -OCH3 is 2. The Morgan fingerprint density at radius 3 is 2.36 bits per heavy atom. The first kappa shape index (κ1) is 11.5. The Kier molecular flexibility index (Phi) is 4.95. The molecule has 1 rings (SSSR count). The lowest BCUT2D eigenvalue weighted by atomic mass is 9.96. The van der Waals surface area contributed by atoms with Gasteiger partial charge in [0.1, 0.15) is 0 Å². The van der Waals surface area contributed by atoms with Crippen LogP contribution in [-0.2, 0) is 9.47 Å². The number of ether oxygens (including phenoxy) is 2. The molecular weight excluding hydrogens is 178 g/mol. The minimum Gasteiger partial charge on any atom is -0.356 e. The number of nitrogens with zero attached hydrogens (tertiary/aromatic N) is 1. The highest BCUT2D eigenvalue weighted by molar-refractivity contribution is 4.89. The fraction of sp³-hybridized carbons (Fsp3) is 0.818. The largest absolute Gasteiger partial charge is 0.356 e. The first-order valence-corrected chi connectivity index (χ1v) is 5.03. The average molecular weight is 197 g/mol. The van der Waals surface area contributed by atoms with Crippen molar-refractivity contribution < 1.29 is 9.47 Å². The maximum Gasteiger partial charge on any atom is 0.159 e. The number of hydrogen-bond acceptors (Lipinski definition) is 3. The van der Waals surface area contributed by atoms with Gasteiger partial charge in [-0.3, -0.25) is 4.90 Å². The summed E-state index contributed by atoms with van der Waals surface area (Å²) in [6.07, 6.45) is 7.42. The molecule has 1 saturated heterocycles. The molecule has 3 nitrogen and oxygen atoms in total. The summed E-state index contributed by atoms with van der Waals surface area (Å²) in [5.74, 6) is 3.19. The fourth-order valence-corrected chi connectivity index (χ4v) is 1.99. The first-order chi connectivity index (χ1) is 6.81. The van der Waals surface area contributed by atoms with Crippen molar-refractivity contribution in [1.82, 2.24) is 4.90 Å². The molecule has 3 heteroatoms. The van der Waals surface area contributed by atoms with E-state index in [0.717, 1.165) is 32.5 Å². The van der Waals surface area contributed by atoms with E-state index in [4.69, 9.17) is 15.9 Å². The molecule has 0 saturated carbocycles. The highest BCUT2D eigenvalue weighted by Gasteiger charge is 2.25. The van der Waals surface area contributed by atoms with Gasteiger partial charge in [-0.05, 0) is 25.9 Å². The summed E-state index contributed by atoms with van der Waals surface area (Å²) in [6.45, 7) is 2.87. The van der Waals surface area contributed by atoms with Gasteiger partial charge in [-0.1, -0.05) is 5.92 Å². The average Bonchev–Trinajstić information content (AvgIpc) is 2.23. The van der Waals surface area contributed by atoms with E-state index in [1.54, 1.807) is 14.2 Å². The van der Waals surface area contributed by atoms with Gasteiger partial charge in [-0.2, -0.15) is 0 Å². The number of piperidine rings is 1. The van der Waals surface area contributed by atoms with Gasteiger partial charge in [0.2, 0.25) is 0 Å². The van der Waals surface area contributed by atoms with Gasteiger partial charge in [-0.25, -0.2) is 0 Å². The van der Waals surface area contributed by atoms with Crippen LogP contribution in [0.4, 0.5) is 0 Å². The molecule has 0 unspecified atom stereocenters. The molecule has 1 heterocycles. The van der Waals surface area contributed by atoms with Gasteiger partial charge in [0, 0.05) is 20.1 Å². The minimum absolute atomic E-state index is 0.0528. The van der Waals surface area contributed by atoms with Crippen molar-refractivity contribution in [2.24, 2.45) is 5.92 Å². The third kappa shape index (κ3) is 2.98. The summed E-state index contributed by atoms with van der Waals surface area (Å²) in [7, 11) is 3.39. The molecule has 1 aliphatic rings. The molecule has 1 aliphatic heterocycles.